The molecule has 3 aromatic rings. The number of benzene rings is 1. The van der Waals surface area contributed by atoms with Crippen LogP contribution in [0.5, 0.6) is 0 Å². The number of pyridine rings is 1. The number of ether oxygens (including phenoxy) is 1. The van der Waals surface area contributed by atoms with Gasteiger partial charge in [0.05, 0.1) is 16.6 Å². The number of amides is 2. The fourth-order valence-electron chi connectivity index (χ4n) is 3.45. The van der Waals surface area contributed by atoms with Crippen LogP contribution < -0.4 is 10.6 Å². The van der Waals surface area contributed by atoms with Gasteiger partial charge in [0.2, 0.25) is 5.91 Å². The summed E-state index contributed by atoms with van der Waals surface area (Å²) in [5.74, 6) is 0.593. The van der Waals surface area contributed by atoms with Gasteiger partial charge in [0.1, 0.15) is 11.9 Å². The number of hydrogen-bond donors (Lipinski definition) is 2. The van der Waals surface area contributed by atoms with Gasteiger partial charge in [-0.25, -0.2) is 4.98 Å². The van der Waals surface area contributed by atoms with Crippen molar-refractivity contribution in [3.05, 3.63) is 54.1 Å². The standard InChI is InChI=1S/C21H23N5O3/c1-26-17-7-6-15(24-20(27)14-4-2-9-22-13-14)12-16(17)25-19(26)8-10-23-21(28)18-5-3-11-29-18/h2,4,6-7,9,12-13,18H,3,5,8,10-11H2,1H3,(H,23,28)(H,24,27)/t18-/m1/s1. The Kier molecular flexibility index (Phi) is 5.53. The van der Waals surface area contributed by atoms with Gasteiger partial charge in [0, 0.05) is 44.7 Å². The third kappa shape index (κ3) is 4.27. The van der Waals surface area contributed by atoms with Crippen LogP contribution in [-0.4, -0.2) is 45.6 Å². The number of fused-ring (bicyclic) bond motifs is 1. The number of nitrogens with zero attached hydrogens (tertiary/aromatic N) is 3. The Bertz CT molecular complexity index is 1030. The summed E-state index contributed by atoms with van der Waals surface area (Å²) in [7, 11) is 1.94. The SMILES string of the molecule is Cn1c(CCNC(=O)[C@H]2CCCO2)nc2cc(NC(=O)c3cccnc3)ccc21. The minimum Gasteiger partial charge on any atom is -0.368 e. The predicted molar refractivity (Wildman–Crippen MR) is 109 cm³/mol. The number of nitrogens with one attached hydrogen (secondary N) is 2. The minimum atomic E-state index is -0.318. The summed E-state index contributed by atoms with van der Waals surface area (Å²) < 4.78 is 7.40. The number of rotatable bonds is 6. The molecule has 1 aliphatic rings. The molecule has 8 heteroatoms. The fourth-order valence-corrected chi connectivity index (χ4v) is 3.45. The molecule has 0 spiro atoms. The average Bonchev–Trinajstić information content (AvgIpc) is 3.37. The first kappa shape index (κ1) is 19.1. The second-order valence-electron chi connectivity index (χ2n) is 7.03. The van der Waals surface area contributed by atoms with Crippen molar-refractivity contribution in [3.63, 3.8) is 0 Å². The lowest BCUT2D eigenvalue weighted by atomic mass is 10.2. The molecule has 1 aromatic carbocycles. The largest absolute Gasteiger partial charge is 0.368 e. The lowest BCUT2D eigenvalue weighted by Crippen LogP contribution is -2.35. The Morgan fingerprint density at radius 1 is 1.31 bits per heavy atom. The number of anilines is 1. The summed E-state index contributed by atoms with van der Waals surface area (Å²) in [5, 5.41) is 5.79. The third-order valence-electron chi connectivity index (χ3n) is 5.02. The fraction of sp³-hybridized carbons (Fsp3) is 0.333. The predicted octanol–water partition coefficient (Wildman–Crippen LogP) is 2.06. The van der Waals surface area contributed by atoms with Gasteiger partial charge in [0.15, 0.2) is 0 Å². The van der Waals surface area contributed by atoms with E-state index in [-0.39, 0.29) is 17.9 Å². The highest BCUT2D eigenvalue weighted by molar-refractivity contribution is 6.04. The van der Waals surface area contributed by atoms with Gasteiger partial charge in [-0.1, -0.05) is 0 Å². The van der Waals surface area contributed by atoms with E-state index in [2.05, 4.69) is 20.6 Å². The van der Waals surface area contributed by atoms with Crippen LogP contribution in [0.3, 0.4) is 0 Å². The van der Waals surface area contributed by atoms with Gasteiger partial charge in [-0.2, -0.15) is 0 Å². The third-order valence-corrected chi connectivity index (χ3v) is 5.02. The van der Waals surface area contributed by atoms with E-state index in [0.717, 1.165) is 29.7 Å². The molecule has 1 aliphatic heterocycles. The molecule has 1 fully saturated rings. The number of carbonyl (C=O) groups excluding carboxylic acids is 2. The van der Waals surface area contributed by atoms with E-state index in [1.165, 1.54) is 6.20 Å². The summed E-state index contributed by atoms with van der Waals surface area (Å²) in [4.78, 5) is 33.0. The number of aryl methyl sites for hydroxylation is 1. The zero-order valence-electron chi connectivity index (χ0n) is 16.2. The Balaban J connectivity index is 1.41. The molecule has 0 bridgehead atoms. The maximum atomic E-state index is 12.3. The van der Waals surface area contributed by atoms with Crippen molar-refractivity contribution in [1.82, 2.24) is 19.9 Å². The van der Waals surface area contributed by atoms with Crippen molar-refractivity contribution in [2.75, 3.05) is 18.5 Å². The first-order chi connectivity index (χ1) is 14.1. The highest BCUT2D eigenvalue weighted by Gasteiger charge is 2.23. The molecule has 0 unspecified atom stereocenters. The summed E-state index contributed by atoms with van der Waals surface area (Å²) in [5.41, 5.74) is 2.92. The number of hydrogen-bond acceptors (Lipinski definition) is 5. The van der Waals surface area contributed by atoms with Crippen molar-refractivity contribution in [3.8, 4) is 0 Å². The first-order valence-corrected chi connectivity index (χ1v) is 9.68. The number of aromatic nitrogens is 3. The average molecular weight is 393 g/mol. The van der Waals surface area contributed by atoms with Crippen molar-refractivity contribution >= 4 is 28.5 Å². The van der Waals surface area contributed by atoms with Crippen molar-refractivity contribution in [2.45, 2.75) is 25.4 Å². The summed E-state index contributed by atoms with van der Waals surface area (Å²) in [6.07, 6.45) is 5.16. The van der Waals surface area contributed by atoms with E-state index in [1.807, 2.05) is 29.8 Å². The Morgan fingerprint density at radius 2 is 2.21 bits per heavy atom. The van der Waals surface area contributed by atoms with Gasteiger partial charge in [0.25, 0.3) is 5.91 Å². The van der Waals surface area contributed by atoms with Crippen LogP contribution in [0.4, 0.5) is 5.69 Å². The molecular weight excluding hydrogens is 370 g/mol. The summed E-state index contributed by atoms with van der Waals surface area (Å²) >= 11 is 0. The van der Waals surface area contributed by atoms with E-state index < -0.39 is 0 Å². The van der Waals surface area contributed by atoms with Gasteiger partial charge in [-0.05, 0) is 43.2 Å². The monoisotopic (exact) mass is 393 g/mol. The Morgan fingerprint density at radius 3 is 2.97 bits per heavy atom. The van der Waals surface area contributed by atoms with Crippen molar-refractivity contribution < 1.29 is 14.3 Å². The van der Waals surface area contributed by atoms with Crippen LogP contribution in [-0.2, 0) is 23.0 Å². The van der Waals surface area contributed by atoms with Crippen LogP contribution in [0.2, 0.25) is 0 Å². The van der Waals surface area contributed by atoms with Gasteiger partial charge < -0.3 is 19.9 Å². The molecule has 4 rings (SSSR count). The number of carbonyl (C=O) groups is 2. The van der Waals surface area contributed by atoms with Crippen LogP contribution in [0, 0.1) is 0 Å². The molecule has 8 nitrogen and oxygen atoms in total. The lowest BCUT2D eigenvalue weighted by molar-refractivity contribution is -0.130. The lowest BCUT2D eigenvalue weighted by Gasteiger charge is -2.10. The van der Waals surface area contributed by atoms with E-state index in [9.17, 15) is 9.59 Å². The molecule has 1 saturated heterocycles. The highest BCUT2D eigenvalue weighted by Crippen LogP contribution is 2.20. The molecule has 1 atom stereocenters. The van der Waals surface area contributed by atoms with Crippen LogP contribution in [0.15, 0.2) is 42.7 Å². The van der Waals surface area contributed by atoms with Crippen LogP contribution in [0.25, 0.3) is 11.0 Å². The van der Waals surface area contributed by atoms with Crippen molar-refractivity contribution in [1.29, 1.82) is 0 Å². The molecule has 29 heavy (non-hydrogen) atoms. The van der Waals surface area contributed by atoms with E-state index >= 15 is 0 Å². The maximum Gasteiger partial charge on any atom is 0.257 e. The second-order valence-corrected chi connectivity index (χ2v) is 7.03. The van der Waals surface area contributed by atoms with Crippen molar-refractivity contribution in [2.24, 2.45) is 7.05 Å². The van der Waals surface area contributed by atoms with Crippen LogP contribution >= 0.6 is 0 Å². The number of imidazole rings is 1. The maximum absolute atomic E-state index is 12.3. The smallest absolute Gasteiger partial charge is 0.257 e. The summed E-state index contributed by atoms with van der Waals surface area (Å²) in [6.45, 7) is 1.16. The molecule has 0 saturated carbocycles. The highest BCUT2D eigenvalue weighted by atomic mass is 16.5. The molecule has 2 N–H and O–H groups in total. The van der Waals surface area contributed by atoms with E-state index in [4.69, 9.17) is 4.74 Å². The zero-order valence-corrected chi connectivity index (χ0v) is 16.2. The molecule has 2 aromatic heterocycles. The second kappa shape index (κ2) is 8.40. The normalized spacial score (nSPS) is 16.1. The summed E-state index contributed by atoms with van der Waals surface area (Å²) in [6, 6.07) is 9.06. The molecule has 2 amide bonds. The topological polar surface area (TPSA) is 98.1 Å². The van der Waals surface area contributed by atoms with Crippen LogP contribution in [0.1, 0.15) is 29.0 Å². The minimum absolute atomic E-state index is 0.0540. The van der Waals surface area contributed by atoms with E-state index in [1.54, 1.807) is 18.3 Å². The molecule has 0 radical (unpaired) electrons. The molecular formula is C21H23N5O3. The first-order valence-electron chi connectivity index (χ1n) is 9.68. The quantitative estimate of drug-likeness (QED) is 0.668. The van der Waals surface area contributed by atoms with Gasteiger partial charge in [-0.15, -0.1) is 0 Å². The zero-order chi connectivity index (χ0) is 20.2. The molecule has 3 heterocycles. The van der Waals surface area contributed by atoms with E-state index in [0.29, 0.717) is 30.8 Å². The Hall–Kier alpha value is -3.26. The van der Waals surface area contributed by atoms with Gasteiger partial charge >= 0.3 is 0 Å². The molecule has 150 valence electrons. The van der Waals surface area contributed by atoms with Gasteiger partial charge in [-0.3, -0.25) is 14.6 Å². The molecule has 0 aliphatic carbocycles. The Labute approximate surface area is 168 Å².